The van der Waals surface area contributed by atoms with E-state index < -0.39 is 24.2 Å². The first-order valence-electron chi connectivity index (χ1n) is 27.3. The van der Waals surface area contributed by atoms with Crippen LogP contribution in [-0.4, -0.2) is 46.1 Å². The van der Waals surface area contributed by atoms with Gasteiger partial charge in [-0.25, -0.2) is 0 Å². The van der Waals surface area contributed by atoms with E-state index in [2.05, 4.69) is 43.5 Å². The number of carbonyl (C=O) groups excluding carboxylic acids is 1. The molecule has 0 spiro atoms. The van der Waals surface area contributed by atoms with Crippen molar-refractivity contribution >= 4 is 5.91 Å². The normalized spacial score (nSPS) is 13.6. The Balaban J connectivity index is 3.42. The maximum Gasteiger partial charge on any atom is 0.249 e. The molecule has 3 atom stereocenters. The number of unbranched alkanes of at least 4 members (excludes halogenated alkanes) is 38. The third-order valence-corrected chi connectivity index (χ3v) is 12.7. The zero-order chi connectivity index (χ0) is 44.4. The molecule has 5 nitrogen and oxygen atoms in total. The van der Waals surface area contributed by atoms with Crippen molar-refractivity contribution in [2.75, 3.05) is 6.61 Å². The Kier molecular flexibility index (Phi) is 50.0. The highest BCUT2D eigenvalue weighted by atomic mass is 16.3. The minimum atomic E-state index is -1.10. The molecular weight excluding hydrogens is 751 g/mol. The molecular formula is C56H107NO4. The summed E-state index contributed by atoms with van der Waals surface area (Å²) >= 11 is 0. The van der Waals surface area contributed by atoms with Crippen LogP contribution in [0, 0.1) is 0 Å². The largest absolute Gasteiger partial charge is 0.394 e. The van der Waals surface area contributed by atoms with Gasteiger partial charge in [0.05, 0.1) is 18.8 Å². The van der Waals surface area contributed by atoms with Crippen LogP contribution in [-0.2, 0) is 4.79 Å². The van der Waals surface area contributed by atoms with Crippen molar-refractivity contribution in [3.8, 4) is 0 Å². The van der Waals surface area contributed by atoms with Crippen molar-refractivity contribution in [2.45, 2.75) is 308 Å². The Bertz CT molecular complexity index is 947. The molecule has 0 aromatic rings. The molecule has 0 aliphatic carbocycles. The molecule has 0 heterocycles. The van der Waals surface area contributed by atoms with Crippen molar-refractivity contribution < 1.29 is 20.1 Å². The molecule has 0 saturated heterocycles. The summed E-state index contributed by atoms with van der Waals surface area (Å²) in [5.74, 6) is -0.513. The molecule has 0 aromatic carbocycles. The molecule has 360 valence electrons. The van der Waals surface area contributed by atoms with E-state index in [0.29, 0.717) is 6.42 Å². The van der Waals surface area contributed by atoms with Crippen molar-refractivity contribution in [2.24, 2.45) is 0 Å². The van der Waals surface area contributed by atoms with Crippen molar-refractivity contribution in [1.82, 2.24) is 5.32 Å². The molecule has 0 aromatic heterocycles. The minimum Gasteiger partial charge on any atom is -0.394 e. The number of aliphatic hydroxyl groups is 3. The van der Waals surface area contributed by atoms with Gasteiger partial charge in [0.1, 0.15) is 6.10 Å². The zero-order valence-electron chi connectivity index (χ0n) is 41.1. The first-order valence-corrected chi connectivity index (χ1v) is 27.3. The van der Waals surface area contributed by atoms with Crippen molar-refractivity contribution in [3.05, 3.63) is 36.5 Å². The van der Waals surface area contributed by atoms with E-state index in [1.807, 2.05) is 6.08 Å². The number of allylic oxidation sites excluding steroid dienone is 5. The van der Waals surface area contributed by atoms with Crippen LogP contribution in [0.1, 0.15) is 290 Å². The van der Waals surface area contributed by atoms with Gasteiger partial charge in [0.15, 0.2) is 0 Å². The molecule has 0 aliphatic rings. The number of carbonyl (C=O) groups is 1. The third-order valence-electron chi connectivity index (χ3n) is 12.7. The van der Waals surface area contributed by atoms with Crippen LogP contribution in [0.2, 0.25) is 0 Å². The number of nitrogens with one attached hydrogen (secondary N) is 1. The predicted octanol–water partition coefficient (Wildman–Crippen LogP) is 16.7. The minimum absolute atomic E-state index is 0.376. The molecule has 0 bridgehead atoms. The Morgan fingerprint density at radius 1 is 0.393 bits per heavy atom. The van der Waals surface area contributed by atoms with E-state index in [0.717, 1.165) is 38.5 Å². The first-order chi connectivity index (χ1) is 30.1. The molecule has 0 fully saturated rings. The Morgan fingerprint density at radius 3 is 1.03 bits per heavy atom. The molecule has 4 N–H and O–H groups in total. The zero-order valence-corrected chi connectivity index (χ0v) is 41.1. The van der Waals surface area contributed by atoms with Crippen LogP contribution in [0.4, 0.5) is 0 Å². The standard InChI is InChI=1S/C56H107NO4/c1-3-5-7-9-11-13-14-15-16-17-18-19-20-21-22-23-24-25-26-27-28-29-30-31-32-33-34-35-36-37-38-39-40-41-43-45-47-49-51-55(60)56(61)57-53(52-58)54(59)50-48-46-44-42-12-10-8-6-4-2/h12,27-28,42,48,50,53-55,58-60H,3-11,13-26,29-41,43-47,49,51-52H2,1-2H3,(H,57,61)/b28-27-,42-12+,50-48+. The average molecular weight is 858 g/mol. The second-order valence-electron chi connectivity index (χ2n) is 18.8. The quantitative estimate of drug-likeness (QED) is 0.0362. The monoisotopic (exact) mass is 858 g/mol. The first kappa shape index (κ1) is 59.6. The molecule has 61 heavy (non-hydrogen) atoms. The van der Waals surface area contributed by atoms with Gasteiger partial charge in [-0.15, -0.1) is 0 Å². The number of amides is 1. The lowest BCUT2D eigenvalue weighted by Crippen LogP contribution is -2.48. The molecule has 0 radical (unpaired) electrons. The Labute approximate surface area is 381 Å². The summed E-state index contributed by atoms with van der Waals surface area (Å²) < 4.78 is 0. The molecule has 1 amide bonds. The van der Waals surface area contributed by atoms with E-state index in [1.165, 1.54) is 231 Å². The highest BCUT2D eigenvalue weighted by molar-refractivity contribution is 5.80. The lowest BCUT2D eigenvalue weighted by Gasteiger charge is -2.21. The summed E-state index contributed by atoms with van der Waals surface area (Å²) in [5, 5.41) is 33.0. The third kappa shape index (κ3) is 46.4. The van der Waals surface area contributed by atoms with Gasteiger partial charge in [-0.3, -0.25) is 4.79 Å². The number of hydrogen-bond acceptors (Lipinski definition) is 4. The van der Waals surface area contributed by atoms with E-state index >= 15 is 0 Å². The summed E-state index contributed by atoms with van der Waals surface area (Å²) in [6.45, 7) is 4.13. The Hall–Kier alpha value is -1.43. The smallest absolute Gasteiger partial charge is 0.249 e. The summed E-state index contributed by atoms with van der Waals surface area (Å²) in [6, 6.07) is -0.811. The van der Waals surface area contributed by atoms with Gasteiger partial charge in [0.25, 0.3) is 0 Å². The second kappa shape index (κ2) is 51.2. The maximum absolute atomic E-state index is 12.4. The number of hydrogen-bond donors (Lipinski definition) is 4. The molecule has 0 aliphatic heterocycles. The van der Waals surface area contributed by atoms with E-state index in [9.17, 15) is 20.1 Å². The maximum atomic E-state index is 12.4. The number of aliphatic hydroxyl groups excluding tert-OH is 3. The van der Waals surface area contributed by atoms with Crippen LogP contribution in [0.25, 0.3) is 0 Å². The van der Waals surface area contributed by atoms with Gasteiger partial charge in [-0.2, -0.15) is 0 Å². The van der Waals surface area contributed by atoms with Crippen LogP contribution >= 0.6 is 0 Å². The lowest BCUT2D eigenvalue weighted by atomic mass is 10.0. The topological polar surface area (TPSA) is 89.8 Å². The van der Waals surface area contributed by atoms with Crippen LogP contribution in [0.15, 0.2) is 36.5 Å². The van der Waals surface area contributed by atoms with Crippen LogP contribution < -0.4 is 5.32 Å². The Morgan fingerprint density at radius 2 is 0.672 bits per heavy atom. The van der Waals surface area contributed by atoms with Gasteiger partial charge < -0.3 is 20.6 Å². The fourth-order valence-corrected chi connectivity index (χ4v) is 8.43. The molecule has 0 rings (SSSR count). The van der Waals surface area contributed by atoms with E-state index in [-0.39, 0.29) is 6.61 Å². The highest BCUT2D eigenvalue weighted by Crippen LogP contribution is 2.17. The van der Waals surface area contributed by atoms with Crippen LogP contribution in [0.5, 0.6) is 0 Å². The SMILES string of the molecule is CCCCC/C=C/CC/C=C/C(O)C(CO)NC(=O)C(O)CCCCCCCCCCCCCCCCCC/C=C\CCCCCCCCCCCCCCCCCCCC. The van der Waals surface area contributed by atoms with Gasteiger partial charge in [-0.1, -0.05) is 269 Å². The molecule has 3 unspecified atom stereocenters. The summed E-state index contributed by atoms with van der Waals surface area (Å²) in [5.41, 5.74) is 0. The van der Waals surface area contributed by atoms with Crippen LogP contribution in [0.3, 0.4) is 0 Å². The van der Waals surface area contributed by atoms with E-state index in [4.69, 9.17) is 0 Å². The summed E-state index contributed by atoms with van der Waals surface area (Å²) in [7, 11) is 0. The fourth-order valence-electron chi connectivity index (χ4n) is 8.43. The van der Waals surface area contributed by atoms with E-state index in [1.54, 1.807) is 6.08 Å². The molecule has 5 heteroatoms. The van der Waals surface area contributed by atoms with Crippen molar-refractivity contribution in [3.63, 3.8) is 0 Å². The summed E-state index contributed by atoms with van der Waals surface area (Å²) in [4.78, 5) is 12.4. The second-order valence-corrected chi connectivity index (χ2v) is 18.8. The summed E-state index contributed by atoms with van der Waals surface area (Å²) in [6.07, 6.45) is 66.9. The van der Waals surface area contributed by atoms with Gasteiger partial charge >= 0.3 is 0 Å². The van der Waals surface area contributed by atoms with Gasteiger partial charge in [-0.05, 0) is 57.8 Å². The lowest BCUT2D eigenvalue weighted by molar-refractivity contribution is -0.131. The number of rotatable bonds is 50. The predicted molar refractivity (Wildman–Crippen MR) is 268 cm³/mol. The van der Waals surface area contributed by atoms with Gasteiger partial charge in [0, 0.05) is 0 Å². The van der Waals surface area contributed by atoms with Crippen molar-refractivity contribution in [1.29, 1.82) is 0 Å². The fraction of sp³-hybridized carbons (Fsp3) is 0.875. The van der Waals surface area contributed by atoms with Gasteiger partial charge in [0.2, 0.25) is 5.91 Å². The highest BCUT2D eigenvalue weighted by Gasteiger charge is 2.22. The molecule has 0 saturated carbocycles. The average Bonchev–Trinajstić information content (AvgIpc) is 3.26.